The lowest BCUT2D eigenvalue weighted by molar-refractivity contribution is -0.146. The lowest BCUT2D eigenvalue weighted by Crippen LogP contribution is -2.61. The highest BCUT2D eigenvalue weighted by Gasteiger charge is 2.33. The average Bonchev–Trinajstić information content (AvgIpc) is 2.90. The number of hydrogen-bond acceptors (Lipinski definition) is 6. The molecule has 0 spiro atoms. The molecule has 2 aromatic rings. The molecule has 4 rings (SSSR count). The zero-order valence-corrected chi connectivity index (χ0v) is 22.9. The van der Waals surface area contributed by atoms with Crippen molar-refractivity contribution in [2.24, 2.45) is 11.8 Å². The van der Waals surface area contributed by atoms with Crippen LogP contribution in [0.1, 0.15) is 64.8 Å². The summed E-state index contributed by atoms with van der Waals surface area (Å²) >= 11 is 0. The average molecular weight is 522 g/mol. The topological polar surface area (TPSA) is 113 Å². The maximum atomic E-state index is 13.1. The van der Waals surface area contributed by atoms with Crippen molar-refractivity contribution in [3.8, 4) is 0 Å². The third-order valence-electron chi connectivity index (χ3n) is 7.06. The van der Waals surface area contributed by atoms with E-state index in [-0.39, 0.29) is 35.6 Å². The van der Waals surface area contributed by atoms with E-state index in [0.717, 1.165) is 22.2 Å². The van der Waals surface area contributed by atoms with Crippen molar-refractivity contribution in [1.82, 2.24) is 26.1 Å². The van der Waals surface area contributed by atoms with Gasteiger partial charge in [-0.1, -0.05) is 51.1 Å². The number of ether oxygens (including phenoxy) is 1. The minimum atomic E-state index is -0.769. The summed E-state index contributed by atoms with van der Waals surface area (Å²) in [6, 6.07) is 8.40. The second-order valence-corrected chi connectivity index (χ2v) is 10.8. The molecule has 204 valence electrons. The van der Waals surface area contributed by atoms with Crippen molar-refractivity contribution < 1.29 is 19.1 Å². The van der Waals surface area contributed by atoms with Gasteiger partial charge in [0, 0.05) is 11.9 Å². The van der Waals surface area contributed by atoms with Gasteiger partial charge >= 0.3 is 0 Å². The molecule has 0 radical (unpaired) electrons. The van der Waals surface area contributed by atoms with Gasteiger partial charge in [-0.3, -0.25) is 24.4 Å². The SMILES string of the molecule is CC1C=Cc2ccc3ccc(nc3c2)C(C)NC(=O)C2CCCN(N2)C(=O)C(C)NC(=O)C(C(C)C)OC1. The van der Waals surface area contributed by atoms with Crippen LogP contribution in [0.3, 0.4) is 0 Å². The summed E-state index contributed by atoms with van der Waals surface area (Å²) in [5.74, 6) is -0.812. The Labute approximate surface area is 224 Å². The van der Waals surface area contributed by atoms with Crippen molar-refractivity contribution in [2.75, 3.05) is 13.2 Å². The molecule has 38 heavy (non-hydrogen) atoms. The van der Waals surface area contributed by atoms with Gasteiger partial charge in [0.15, 0.2) is 0 Å². The van der Waals surface area contributed by atoms with E-state index in [0.29, 0.717) is 26.0 Å². The summed E-state index contributed by atoms with van der Waals surface area (Å²) in [6.07, 6.45) is 4.67. The number of fused-ring (bicyclic) bond motifs is 4. The van der Waals surface area contributed by atoms with E-state index in [1.165, 1.54) is 5.01 Å². The van der Waals surface area contributed by atoms with Gasteiger partial charge in [0.05, 0.1) is 23.9 Å². The molecule has 3 N–H and O–H groups in total. The number of carbonyl (C=O) groups is 3. The molecule has 1 saturated heterocycles. The second-order valence-electron chi connectivity index (χ2n) is 10.8. The van der Waals surface area contributed by atoms with E-state index >= 15 is 0 Å². The first-order valence-electron chi connectivity index (χ1n) is 13.5. The van der Waals surface area contributed by atoms with E-state index in [1.54, 1.807) is 6.92 Å². The van der Waals surface area contributed by atoms with E-state index in [9.17, 15) is 14.4 Å². The van der Waals surface area contributed by atoms with Crippen LogP contribution in [0.5, 0.6) is 0 Å². The molecule has 2 aliphatic heterocycles. The molecule has 1 fully saturated rings. The van der Waals surface area contributed by atoms with Crippen molar-refractivity contribution in [3.05, 3.63) is 47.7 Å². The zero-order chi connectivity index (χ0) is 27.4. The Balaban J connectivity index is 1.64. The van der Waals surface area contributed by atoms with E-state index < -0.39 is 18.2 Å². The Kier molecular flexibility index (Phi) is 8.79. The minimum Gasteiger partial charge on any atom is -0.368 e. The van der Waals surface area contributed by atoms with Gasteiger partial charge in [-0.05, 0) is 56.2 Å². The molecule has 1 aromatic heterocycles. The molecule has 9 heteroatoms. The highest BCUT2D eigenvalue weighted by molar-refractivity contribution is 5.90. The Morgan fingerprint density at radius 2 is 1.74 bits per heavy atom. The van der Waals surface area contributed by atoms with Gasteiger partial charge in [0.25, 0.3) is 5.91 Å². The van der Waals surface area contributed by atoms with Crippen molar-refractivity contribution in [1.29, 1.82) is 0 Å². The quantitative estimate of drug-likeness (QED) is 0.532. The van der Waals surface area contributed by atoms with Crippen LogP contribution in [0, 0.1) is 11.8 Å². The lowest BCUT2D eigenvalue weighted by atomic mass is 10.0. The highest BCUT2D eigenvalue weighted by Crippen LogP contribution is 2.20. The van der Waals surface area contributed by atoms with Crippen molar-refractivity contribution >= 4 is 34.7 Å². The number of pyridine rings is 1. The number of amides is 3. The van der Waals surface area contributed by atoms with Crippen LogP contribution in [0.15, 0.2) is 36.4 Å². The van der Waals surface area contributed by atoms with Gasteiger partial charge in [0.2, 0.25) is 11.8 Å². The third kappa shape index (κ3) is 6.57. The molecule has 3 heterocycles. The molecule has 0 aliphatic carbocycles. The number of hydrazine groups is 1. The van der Waals surface area contributed by atoms with Crippen LogP contribution < -0.4 is 16.1 Å². The smallest absolute Gasteiger partial charge is 0.258 e. The maximum Gasteiger partial charge on any atom is 0.258 e. The van der Waals surface area contributed by atoms with E-state index in [2.05, 4.69) is 22.1 Å². The molecule has 0 saturated carbocycles. The van der Waals surface area contributed by atoms with Crippen molar-refractivity contribution in [2.45, 2.75) is 71.7 Å². The number of aromatic nitrogens is 1. The lowest BCUT2D eigenvalue weighted by Gasteiger charge is -2.35. The molecule has 5 bridgehead atoms. The predicted molar refractivity (Wildman–Crippen MR) is 147 cm³/mol. The maximum absolute atomic E-state index is 13.1. The summed E-state index contributed by atoms with van der Waals surface area (Å²) in [7, 11) is 0. The van der Waals surface area contributed by atoms with Gasteiger partial charge in [0.1, 0.15) is 18.2 Å². The van der Waals surface area contributed by atoms with Crippen LogP contribution in [0.4, 0.5) is 0 Å². The number of nitrogens with one attached hydrogen (secondary N) is 3. The fourth-order valence-electron chi connectivity index (χ4n) is 4.77. The number of benzene rings is 1. The fourth-order valence-corrected chi connectivity index (χ4v) is 4.77. The Bertz CT molecular complexity index is 1210. The molecular weight excluding hydrogens is 482 g/mol. The van der Waals surface area contributed by atoms with Gasteiger partial charge in [-0.2, -0.15) is 0 Å². The zero-order valence-electron chi connectivity index (χ0n) is 22.9. The number of rotatable bonds is 1. The first-order chi connectivity index (χ1) is 18.1. The standard InChI is InChI=1S/C29H39N5O4/c1-17(2)26-28(36)31-20(5)29(37)34-14-6-7-24(33-34)27(35)30-19(4)23-13-12-22-11-10-21(15-25(22)32-23)9-8-18(3)16-38-26/h8-13,15,17-20,24,26,33H,6-7,14,16H2,1-5H3,(H,30,35)(H,31,36). The van der Waals surface area contributed by atoms with E-state index in [4.69, 9.17) is 9.72 Å². The summed E-state index contributed by atoms with van der Waals surface area (Å²) in [5, 5.41) is 8.31. The van der Waals surface area contributed by atoms with Crippen LogP contribution in [0.2, 0.25) is 0 Å². The van der Waals surface area contributed by atoms with Crippen molar-refractivity contribution in [3.63, 3.8) is 0 Å². The summed E-state index contributed by atoms with van der Waals surface area (Å²) in [5.41, 5.74) is 5.68. The molecular formula is C29H39N5O4. The Morgan fingerprint density at radius 1 is 1.00 bits per heavy atom. The van der Waals surface area contributed by atoms with E-state index in [1.807, 2.05) is 64.1 Å². The van der Waals surface area contributed by atoms with Crippen LogP contribution >= 0.6 is 0 Å². The molecule has 9 nitrogen and oxygen atoms in total. The van der Waals surface area contributed by atoms with Crippen LogP contribution in [-0.2, 0) is 19.1 Å². The van der Waals surface area contributed by atoms with Gasteiger partial charge in [-0.25, -0.2) is 5.43 Å². The number of hydrogen-bond donors (Lipinski definition) is 3. The number of nitrogens with zero attached hydrogens (tertiary/aromatic N) is 2. The number of carbonyl (C=O) groups excluding carboxylic acids is 3. The predicted octanol–water partition coefficient (Wildman–Crippen LogP) is 3.12. The Hall–Kier alpha value is -3.30. The Morgan fingerprint density at radius 3 is 2.50 bits per heavy atom. The molecule has 2 aliphatic rings. The van der Waals surface area contributed by atoms with Gasteiger partial charge < -0.3 is 15.4 Å². The largest absolute Gasteiger partial charge is 0.368 e. The second kappa shape index (κ2) is 12.0. The van der Waals surface area contributed by atoms with Gasteiger partial charge in [-0.15, -0.1) is 0 Å². The normalized spacial score (nSPS) is 27.9. The van der Waals surface area contributed by atoms with Crippen LogP contribution in [0.25, 0.3) is 17.0 Å². The first-order valence-corrected chi connectivity index (χ1v) is 13.5. The molecule has 5 atom stereocenters. The first kappa shape index (κ1) is 27.7. The summed E-state index contributed by atoms with van der Waals surface area (Å²) < 4.78 is 6.03. The monoisotopic (exact) mass is 521 g/mol. The fraction of sp³-hybridized carbons (Fsp3) is 0.517. The molecule has 3 amide bonds. The van der Waals surface area contributed by atoms with Crippen LogP contribution in [-0.4, -0.2) is 59.1 Å². The third-order valence-corrected chi connectivity index (χ3v) is 7.06. The molecule has 1 aromatic carbocycles. The molecule has 5 unspecified atom stereocenters. The summed E-state index contributed by atoms with van der Waals surface area (Å²) in [4.78, 5) is 44.1. The minimum absolute atomic E-state index is 0.0666. The summed E-state index contributed by atoms with van der Waals surface area (Å²) in [6.45, 7) is 10.3. The highest BCUT2D eigenvalue weighted by atomic mass is 16.5.